The molecule has 0 saturated carbocycles. The van der Waals surface area contributed by atoms with Crippen molar-refractivity contribution in [1.29, 1.82) is 0 Å². The third-order valence-corrected chi connectivity index (χ3v) is 14.5. The van der Waals surface area contributed by atoms with Crippen LogP contribution in [0.1, 0.15) is 13.3 Å². The van der Waals surface area contributed by atoms with Gasteiger partial charge >= 0.3 is 0 Å². The summed E-state index contributed by atoms with van der Waals surface area (Å²) >= 11 is 0. The number of allylic oxidation sites excluding steroid dienone is 7. The summed E-state index contributed by atoms with van der Waals surface area (Å²) in [5.74, 6) is 0. The molecular formula is C67H50N4. The van der Waals surface area contributed by atoms with Gasteiger partial charge in [0.25, 0.3) is 0 Å². The number of para-hydroxylation sites is 3. The van der Waals surface area contributed by atoms with Gasteiger partial charge in [-0.25, -0.2) is 0 Å². The summed E-state index contributed by atoms with van der Waals surface area (Å²) < 4.78 is 2.44. The molecule has 71 heavy (non-hydrogen) atoms. The van der Waals surface area contributed by atoms with Crippen molar-refractivity contribution in [1.82, 2.24) is 4.57 Å². The first-order valence-electron chi connectivity index (χ1n) is 24.6. The fourth-order valence-electron chi connectivity index (χ4n) is 11.1. The molecule has 1 atom stereocenters. The van der Waals surface area contributed by atoms with Crippen LogP contribution < -0.4 is 14.7 Å². The monoisotopic (exact) mass is 910 g/mol. The van der Waals surface area contributed by atoms with Gasteiger partial charge in [-0.1, -0.05) is 165 Å². The Morgan fingerprint density at radius 1 is 0.380 bits per heavy atom. The number of benzene rings is 10. The fraction of sp³-hybridized carbons (Fsp3) is 0.0448. The summed E-state index contributed by atoms with van der Waals surface area (Å²) in [6.07, 6.45) is 14.6. The molecular weight excluding hydrogens is 861 g/mol. The van der Waals surface area contributed by atoms with E-state index < -0.39 is 0 Å². The second kappa shape index (κ2) is 17.4. The van der Waals surface area contributed by atoms with Crippen LogP contribution in [0.3, 0.4) is 0 Å². The molecule has 1 heterocycles. The molecule has 2 aliphatic carbocycles. The highest BCUT2D eigenvalue weighted by atomic mass is 15.2. The molecule has 0 aliphatic heterocycles. The minimum Gasteiger partial charge on any atom is -0.310 e. The quantitative estimate of drug-likeness (QED) is 0.136. The van der Waals surface area contributed by atoms with Crippen LogP contribution in [-0.4, -0.2) is 4.57 Å². The van der Waals surface area contributed by atoms with Crippen LogP contribution in [-0.2, 0) is 0 Å². The van der Waals surface area contributed by atoms with Gasteiger partial charge in [-0.3, -0.25) is 0 Å². The first-order valence-corrected chi connectivity index (χ1v) is 24.6. The van der Waals surface area contributed by atoms with Crippen molar-refractivity contribution in [2.24, 2.45) is 5.41 Å². The maximum Gasteiger partial charge on any atom is 0.0542 e. The number of fused-ring (bicyclic) bond motifs is 6. The van der Waals surface area contributed by atoms with Crippen molar-refractivity contribution in [3.05, 3.63) is 284 Å². The van der Waals surface area contributed by atoms with E-state index in [1.165, 1.54) is 43.6 Å². The predicted octanol–water partition coefficient (Wildman–Crippen LogP) is 18.5. The molecule has 338 valence electrons. The second-order valence-electron chi connectivity index (χ2n) is 18.8. The van der Waals surface area contributed by atoms with E-state index in [4.69, 9.17) is 0 Å². The number of anilines is 8. The molecule has 1 unspecified atom stereocenters. The molecule has 11 aromatic rings. The number of nitrogens with zero attached hydrogens (tertiary/aromatic N) is 4. The van der Waals surface area contributed by atoms with E-state index in [0.717, 1.165) is 68.6 Å². The molecule has 0 spiro atoms. The minimum absolute atomic E-state index is 0.0980. The molecule has 4 nitrogen and oxygen atoms in total. The van der Waals surface area contributed by atoms with Gasteiger partial charge < -0.3 is 19.3 Å². The van der Waals surface area contributed by atoms with E-state index in [9.17, 15) is 0 Å². The molecule has 10 aromatic carbocycles. The zero-order chi connectivity index (χ0) is 47.3. The lowest BCUT2D eigenvalue weighted by Gasteiger charge is -2.39. The van der Waals surface area contributed by atoms with Gasteiger partial charge in [-0.05, 0) is 138 Å². The molecule has 2 aliphatic rings. The normalized spacial score (nSPS) is 15.2. The third-order valence-electron chi connectivity index (χ3n) is 14.5. The van der Waals surface area contributed by atoms with Crippen molar-refractivity contribution in [2.75, 3.05) is 14.7 Å². The van der Waals surface area contributed by atoms with Crippen molar-refractivity contribution >= 4 is 88.8 Å². The van der Waals surface area contributed by atoms with Gasteiger partial charge in [0.15, 0.2) is 0 Å². The predicted molar refractivity (Wildman–Crippen MR) is 301 cm³/mol. The summed E-state index contributed by atoms with van der Waals surface area (Å²) in [6, 6.07) is 86.0. The zero-order valence-corrected chi connectivity index (χ0v) is 39.5. The highest BCUT2D eigenvalue weighted by Gasteiger charge is 2.34. The number of rotatable bonds is 10. The summed E-state index contributed by atoms with van der Waals surface area (Å²) in [5, 5.41) is 7.15. The van der Waals surface area contributed by atoms with E-state index in [-0.39, 0.29) is 5.41 Å². The standard InChI is InChI=1S/C67H50N4/c1-67-44-16-15-32-61(67)66(35-19-45-67)70(52-28-9-4-10-29-52)56-41-43-65-60(47-56)59-46-55(69(51-26-7-3-8-27-51)63-34-18-23-49-21-12-14-31-58(49)63)40-42-64(59)71(65)54-38-36-53(37-39-54)68(50-24-5-2-6-25-50)62-33-17-22-48-20-11-13-30-57(48)62/h2-43,45-47H,44H2,1H3. The Morgan fingerprint density at radius 3 is 1.39 bits per heavy atom. The molecule has 0 radical (unpaired) electrons. The minimum atomic E-state index is -0.0980. The van der Waals surface area contributed by atoms with Crippen molar-refractivity contribution in [3.8, 4) is 5.69 Å². The maximum absolute atomic E-state index is 2.45. The maximum atomic E-state index is 2.45. The van der Waals surface area contributed by atoms with Gasteiger partial charge in [0.2, 0.25) is 0 Å². The van der Waals surface area contributed by atoms with E-state index in [0.29, 0.717) is 0 Å². The highest BCUT2D eigenvalue weighted by molar-refractivity contribution is 6.12. The molecule has 4 heteroatoms. The van der Waals surface area contributed by atoms with Crippen LogP contribution in [0.25, 0.3) is 49.0 Å². The zero-order valence-electron chi connectivity index (χ0n) is 39.5. The lowest BCUT2D eigenvalue weighted by molar-refractivity contribution is 0.517. The molecule has 0 fully saturated rings. The van der Waals surface area contributed by atoms with Gasteiger partial charge in [0.1, 0.15) is 0 Å². The van der Waals surface area contributed by atoms with Crippen LogP contribution >= 0.6 is 0 Å². The SMILES string of the molecule is CC12C=CC=C(N(c3ccccc3)c3ccc4c(c3)c3cc(N(c5ccccc5)c5cccc6ccccc56)ccc3n4-c3ccc(N(c4ccccc4)c4cccc5ccccc45)cc3)C1=CC=CC2. The topological polar surface area (TPSA) is 14.7 Å². The molecule has 0 amide bonds. The van der Waals surface area contributed by atoms with Gasteiger partial charge in [0.05, 0.1) is 28.1 Å². The third kappa shape index (κ3) is 7.31. The number of hydrogen-bond donors (Lipinski definition) is 0. The Balaban J connectivity index is 1.03. The van der Waals surface area contributed by atoms with Crippen molar-refractivity contribution < 1.29 is 0 Å². The van der Waals surface area contributed by atoms with Crippen molar-refractivity contribution in [3.63, 3.8) is 0 Å². The summed E-state index contributed by atoms with van der Waals surface area (Å²) in [4.78, 5) is 7.23. The highest BCUT2D eigenvalue weighted by Crippen LogP contribution is 2.49. The van der Waals surface area contributed by atoms with Crippen LogP contribution in [0, 0.1) is 5.41 Å². The van der Waals surface area contributed by atoms with E-state index in [2.05, 4.69) is 299 Å². The summed E-state index contributed by atoms with van der Waals surface area (Å²) in [5.41, 5.74) is 14.6. The van der Waals surface area contributed by atoms with E-state index in [1.807, 2.05) is 0 Å². The summed E-state index contributed by atoms with van der Waals surface area (Å²) in [6.45, 7) is 2.36. The molecule has 13 rings (SSSR count). The lowest BCUT2D eigenvalue weighted by atomic mass is 9.72. The number of aromatic nitrogens is 1. The molecule has 0 saturated heterocycles. The first-order chi connectivity index (χ1) is 35.1. The van der Waals surface area contributed by atoms with Crippen LogP contribution in [0.4, 0.5) is 45.5 Å². The summed E-state index contributed by atoms with van der Waals surface area (Å²) in [7, 11) is 0. The largest absolute Gasteiger partial charge is 0.310 e. The smallest absolute Gasteiger partial charge is 0.0542 e. The van der Waals surface area contributed by atoms with Gasteiger partial charge in [-0.15, -0.1) is 0 Å². The Kier molecular flexibility index (Phi) is 10.3. The van der Waals surface area contributed by atoms with Gasteiger partial charge in [0, 0.05) is 66.8 Å². The molecule has 0 bridgehead atoms. The average molecular weight is 911 g/mol. The first kappa shape index (κ1) is 42.0. The van der Waals surface area contributed by atoms with E-state index in [1.54, 1.807) is 0 Å². The Bertz CT molecular complexity index is 3910. The molecule has 1 aromatic heterocycles. The number of hydrogen-bond acceptors (Lipinski definition) is 3. The lowest BCUT2D eigenvalue weighted by Crippen LogP contribution is -2.28. The van der Waals surface area contributed by atoms with Crippen LogP contribution in [0.15, 0.2) is 284 Å². The Hall–Kier alpha value is -9.12. The fourth-order valence-corrected chi connectivity index (χ4v) is 11.1. The Morgan fingerprint density at radius 2 is 0.831 bits per heavy atom. The van der Waals surface area contributed by atoms with Crippen LogP contribution in [0.5, 0.6) is 0 Å². The van der Waals surface area contributed by atoms with Gasteiger partial charge in [-0.2, -0.15) is 0 Å². The second-order valence-corrected chi connectivity index (χ2v) is 18.8. The molecule has 0 N–H and O–H groups in total. The van der Waals surface area contributed by atoms with Crippen LogP contribution in [0.2, 0.25) is 0 Å². The Labute approximate surface area is 414 Å². The van der Waals surface area contributed by atoms with E-state index >= 15 is 0 Å². The average Bonchev–Trinajstić information content (AvgIpc) is 3.75. The van der Waals surface area contributed by atoms with Crippen molar-refractivity contribution in [2.45, 2.75) is 13.3 Å².